The maximum absolute atomic E-state index is 12.7. The van der Waals surface area contributed by atoms with Crippen molar-refractivity contribution >= 4 is 23.9 Å². The molecule has 0 bridgehead atoms. The Balaban J connectivity index is 3.41. The van der Waals surface area contributed by atoms with Crippen molar-refractivity contribution in [2.75, 3.05) is 33.5 Å². The summed E-state index contributed by atoms with van der Waals surface area (Å²) in [7, 11) is 1.18. The van der Waals surface area contributed by atoms with Gasteiger partial charge in [-0.25, -0.2) is 4.79 Å². The number of ether oxygens (including phenoxy) is 5. The molecule has 0 spiro atoms. The quantitative estimate of drug-likeness (QED) is 0.341. The molecule has 1 aliphatic rings. The van der Waals surface area contributed by atoms with Crippen LogP contribution in [-0.2, 0) is 42.9 Å². The molecule has 0 saturated carbocycles. The van der Waals surface area contributed by atoms with Crippen LogP contribution in [0.15, 0.2) is 0 Å². The van der Waals surface area contributed by atoms with Crippen molar-refractivity contribution in [2.24, 2.45) is 11.3 Å². The first-order chi connectivity index (χ1) is 11.9. The molecule has 1 heterocycles. The summed E-state index contributed by atoms with van der Waals surface area (Å²) in [6.07, 6.45) is -1.87. The van der Waals surface area contributed by atoms with Crippen LogP contribution in [0.2, 0.25) is 0 Å². The Bertz CT molecular complexity index is 496. The Morgan fingerprint density at radius 3 is 1.92 bits per heavy atom. The monoisotopic (exact) mass is 360 g/mol. The first kappa shape index (κ1) is 20.9. The van der Waals surface area contributed by atoms with Gasteiger partial charge in [0.05, 0.1) is 40.0 Å². The number of methoxy groups -OCH3 is 1. The van der Waals surface area contributed by atoms with Crippen LogP contribution >= 0.6 is 0 Å². The lowest BCUT2D eigenvalue weighted by Crippen LogP contribution is -2.55. The van der Waals surface area contributed by atoms with E-state index in [1.807, 2.05) is 0 Å². The average molecular weight is 360 g/mol. The van der Waals surface area contributed by atoms with Gasteiger partial charge in [0.15, 0.2) is 6.10 Å². The van der Waals surface area contributed by atoms with Crippen LogP contribution in [0.5, 0.6) is 0 Å². The number of carbonyl (C=O) groups excluding carboxylic acids is 4. The summed E-state index contributed by atoms with van der Waals surface area (Å²) >= 11 is 0. The molecular weight excluding hydrogens is 336 g/mol. The highest BCUT2D eigenvalue weighted by Gasteiger charge is 2.68. The minimum Gasteiger partial charge on any atom is -0.469 e. The van der Waals surface area contributed by atoms with Gasteiger partial charge in [0, 0.05) is 5.92 Å². The van der Waals surface area contributed by atoms with Crippen LogP contribution in [-0.4, -0.2) is 63.5 Å². The van der Waals surface area contributed by atoms with E-state index in [-0.39, 0.29) is 32.8 Å². The van der Waals surface area contributed by atoms with Gasteiger partial charge in [-0.1, -0.05) is 0 Å². The predicted octanol–water partition coefficient (Wildman–Crippen LogP) is 0.240. The van der Waals surface area contributed by atoms with Crippen molar-refractivity contribution in [3.63, 3.8) is 0 Å². The van der Waals surface area contributed by atoms with Crippen molar-refractivity contribution in [1.29, 1.82) is 0 Å². The van der Waals surface area contributed by atoms with Crippen LogP contribution < -0.4 is 0 Å². The molecule has 0 aromatic carbocycles. The summed E-state index contributed by atoms with van der Waals surface area (Å²) in [5.41, 5.74) is -2.12. The van der Waals surface area contributed by atoms with Gasteiger partial charge in [0.2, 0.25) is 5.41 Å². The average Bonchev–Trinajstić information content (AvgIpc) is 2.95. The molecule has 1 aliphatic heterocycles. The Kier molecular flexibility index (Phi) is 7.82. The molecule has 0 radical (unpaired) electrons. The third kappa shape index (κ3) is 4.09. The lowest BCUT2D eigenvalue weighted by molar-refractivity contribution is -0.187. The van der Waals surface area contributed by atoms with E-state index in [2.05, 4.69) is 4.74 Å². The second-order valence-corrected chi connectivity index (χ2v) is 5.25. The predicted molar refractivity (Wildman–Crippen MR) is 82.2 cm³/mol. The van der Waals surface area contributed by atoms with E-state index in [4.69, 9.17) is 18.9 Å². The number of esters is 4. The van der Waals surface area contributed by atoms with Crippen LogP contribution in [0.4, 0.5) is 0 Å². The summed E-state index contributed by atoms with van der Waals surface area (Å²) in [6, 6.07) is 0. The Hall–Kier alpha value is -2.16. The van der Waals surface area contributed by atoms with Gasteiger partial charge in [-0.05, 0) is 20.8 Å². The molecule has 25 heavy (non-hydrogen) atoms. The fourth-order valence-electron chi connectivity index (χ4n) is 2.80. The molecule has 0 amide bonds. The van der Waals surface area contributed by atoms with E-state index in [9.17, 15) is 19.2 Å². The topological polar surface area (TPSA) is 114 Å². The normalized spacial score (nSPS) is 21.3. The van der Waals surface area contributed by atoms with Gasteiger partial charge in [0.1, 0.15) is 0 Å². The smallest absolute Gasteiger partial charge is 0.337 e. The van der Waals surface area contributed by atoms with Crippen molar-refractivity contribution < 1.29 is 42.9 Å². The number of rotatable bonds is 8. The molecule has 0 aromatic heterocycles. The van der Waals surface area contributed by atoms with Gasteiger partial charge in [0.25, 0.3) is 0 Å². The number of hydrogen-bond acceptors (Lipinski definition) is 9. The van der Waals surface area contributed by atoms with E-state index >= 15 is 0 Å². The fourth-order valence-corrected chi connectivity index (χ4v) is 2.80. The number of hydrogen-bond donors (Lipinski definition) is 0. The Morgan fingerprint density at radius 2 is 1.48 bits per heavy atom. The second kappa shape index (κ2) is 9.36. The molecule has 0 aliphatic carbocycles. The zero-order valence-corrected chi connectivity index (χ0v) is 14.9. The van der Waals surface area contributed by atoms with Gasteiger partial charge >= 0.3 is 23.9 Å². The fraction of sp³-hybridized carbons (Fsp3) is 0.750. The molecule has 9 heteroatoms. The van der Waals surface area contributed by atoms with Gasteiger partial charge in [-0.2, -0.15) is 0 Å². The van der Waals surface area contributed by atoms with Crippen LogP contribution in [0, 0.1) is 11.3 Å². The molecule has 9 nitrogen and oxygen atoms in total. The second-order valence-electron chi connectivity index (χ2n) is 5.25. The first-order valence-corrected chi connectivity index (χ1v) is 8.09. The lowest BCUT2D eigenvalue weighted by atomic mass is 9.71. The summed E-state index contributed by atoms with van der Waals surface area (Å²) in [5, 5.41) is 0. The Labute approximate surface area is 145 Å². The molecule has 0 unspecified atom stereocenters. The van der Waals surface area contributed by atoms with Gasteiger partial charge in [-0.3, -0.25) is 14.4 Å². The van der Waals surface area contributed by atoms with Crippen molar-refractivity contribution in [3.05, 3.63) is 0 Å². The van der Waals surface area contributed by atoms with E-state index in [0.717, 1.165) is 0 Å². The van der Waals surface area contributed by atoms with Gasteiger partial charge in [-0.15, -0.1) is 0 Å². The largest absolute Gasteiger partial charge is 0.469 e. The zero-order valence-electron chi connectivity index (χ0n) is 14.9. The number of carbonyl (C=O) groups is 4. The van der Waals surface area contributed by atoms with Crippen molar-refractivity contribution in [1.82, 2.24) is 0 Å². The first-order valence-electron chi connectivity index (χ1n) is 8.09. The SMILES string of the molecule is CCOC(=O)[C@@H]1OC[C@@H](CC(=O)OC)C1(C(=O)OCC)C(=O)OCC. The molecule has 1 fully saturated rings. The van der Waals surface area contributed by atoms with E-state index in [0.29, 0.717) is 0 Å². The molecule has 1 saturated heterocycles. The Morgan fingerprint density at radius 1 is 0.960 bits per heavy atom. The maximum Gasteiger partial charge on any atom is 0.337 e. The minimum absolute atomic E-state index is 0.0273. The standard InChI is InChI=1S/C16H24O9/c1-5-22-13(18)12-16(14(19)23-6-2,15(20)24-7-3)10(9-25-12)8-11(17)21-4/h10,12H,5-9H2,1-4H3/t10-,12+/m1/s1. The van der Waals surface area contributed by atoms with Crippen LogP contribution in [0.25, 0.3) is 0 Å². The summed E-state index contributed by atoms with van der Waals surface area (Å²) < 4.78 is 25.0. The van der Waals surface area contributed by atoms with Crippen molar-refractivity contribution in [2.45, 2.75) is 33.3 Å². The highest BCUT2D eigenvalue weighted by atomic mass is 16.6. The lowest BCUT2D eigenvalue weighted by Gasteiger charge is -2.32. The minimum atomic E-state index is -2.12. The van der Waals surface area contributed by atoms with Crippen LogP contribution in [0.1, 0.15) is 27.2 Å². The van der Waals surface area contributed by atoms with Crippen LogP contribution in [0.3, 0.4) is 0 Å². The highest BCUT2D eigenvalue weighted by molar-refractivity contribution is 6.06. The van der Waals surface area contributed by atoms with Crippen molar-refractivity contribution in [3.8, 4) is 0 Å². The molecule has 142 valence electrons. The van der Waals surface area contributed by atoms with E-state index in [1.54, 1.807) is 20.8 Å². The zero-order chi connectivity index (χ0) is 19.0. The summed E-state index contributed by atoms with van der Waals surface area (Å²) in [4.78, 5) is 49.5. The molecule has 0 N–H and O–H groups in total. The third-order valence-corrected chi connectivity index (χ3v) is 3.89. The molecular formula is C16H24O9. The third-order valence-electron chi connectivity index (χ3n) is 3.89. The maximum atomic E-state index is 12.7. The summed E-state index contributed by atoms with van der Waals surface area (Å²) in [5.74, 6) is -4.50. The summed E-state index contributed by atoms with van der Waals surface area (Å²) in [6.45, 7) is 4.47. The highest BCUT2D eigenvalue weighted by Crippen LogP contribution is 2.45. The van der Waals surface area contributed by atoms with E-state index < -0.39 is 41.3 Å². The molecule has 1 rings (SSSR count). The molecule has 0 aromatic rings. The van der Waals surface area contributed by atoms with E-state index in [1.165, 1.54) is 7.11 Å². The molecule has 2 atom stereocenters. The van der Waals surface area contributed by atoms with Gasteiger partial charge < -0.3 is 23.7 Å².